The molecule has 0 aliphatic carbocycles. The van der Waals surface area contributed by atoms with Crippen LogP contribution < -0.4 is 10.2 Å². The number of hydrogen-bond acceptors (Lipinski definition) is 7. The molecular formula is C9H12N3O7P. The van der Waals surface area contributed by atoms with Crippen LogP contribution in [-0.4, -0.2) is 49.4 Å². The third kappa shape index (κ3) is 2.37. The molecule has 20 heavy (non-hydrogen) atoms. The molecule has 0 bridgehead atoms. The Morgan fingerprint density at radius 1 is 1.55 bits per heavy atom. The zero-order chi connectivity index (χ0) is 14.5. The van der Waals surface area contributed by atoms with E-state index in [0.717, 1.165) is 0 Å². The molecular weight excluding hydrogens is 293 g/mol. The monoisotopic (exact) mass is 305 g/mol. The molecule has 110 valence electrons. The predicted octanol–water partition coefficient (Wildman–Crippen LogP) is -1.51. The molecule has 3 rings (SSSR count). The summed E-state index contributed by atoms with van der Waals surface area (Å²) in [4.78, 5) is 21.1. The van der Waals surface area contributed by atoms with Crippen LogP contribution in [0.2, 0.25) is 0 Å². The Morgan fingerprint density at radius 3 is 3.00 bits per heavy atom. The summed E-state index contributed by atoms with van der Waals surface area (Å²) < 4.78 is 27.3. The first-order chi connectivity index (χ1) is 9.35. The van der Waals surface area contributed by atoms with E-state index in [1.807, 2.05) is 0 Å². The number of nitrogens with zero attached hydrogens (tertiary/aromatic N) is 2. The Hall–Kier alpha value is -1.29. The van der Waals surface area contributed by atoms with Gasteiger partial charge in [-0.3, -0.25) is 14.5 Å². The topological polar surface area (TPSA) is 147 Å². The maximum absolute atomic E-state index is 10.6. The van der Waals surface area contributed by atoms with Crippen molar-refractivity contribution in [3.05, 3.63) is 17.8 Å². The van der Waals surface area contributed by atoms with Crippen molar-refractivity contribution in [2.75, 3.05) is 6.61 Å². The SMILES string of the molecule is N=c1ccn2c(n1)O[C@@H]1[C@@H](O)[C@H](COP(=O)(O)O)O[C@@H]12. The molecule has 1 aromatic heterocycles. The van der Waals surface area contributed by atoms with Crippen LogP contribution in [0.1, 0.15) is 6.23 Å². The summed E-state index contributed by atoms with van der Waals surface area (Å²) in [5.74, 6) is 0. The highest BCUT2D eigenvalue weighted by Crippen LogP contribution is 2.41. The fourth-order valence-electron chi connectivity index (χ4n) is 2.19. The van der Waals surface area contributed by atoms with E-state index in [4.69, 9.17) is 24.7 Å². The Bertz CT molecular complexity index is 628. The Morgan fingerprint density at radius 2 is 2.30 bits per heavy atom. The summed E-state index contributed by atoms with van der Waals surface area (Å²) in [7, 11) is -4.62. The third-order valence-corrected chi connectivity index (χ3v) is 3.55. The largest absolute Gasteiger partial charge is 0.469 e. The predicted molar refractivity (Wildman–Crippen MR) is 60.4 cm³/mol. The van der Waals surface area contributed by atoms with Crippen LogP contribution in [0.25, 0.3) is 0 Å². The van der Waals surface area contributed by atoms with E-state index in [2.05, 4.69) is 9.51 Å². The number of ether oxygens (including phenoxy) is 2. The van der Waals surface area contributed by atoms with Gasteiger partial charge in [-0.15, -0.1) is 0 Å². The van der Waals surface area contributed by atoms with E-state index < -0.39 is 39.0 Å². The smallest absolute Gasteiger partial charge is 0.454 e. The zero-order valence-corrected chi connectivity index (χ0v) is 10.9. The van der Waals surface area contributed by atoms with Crippen molar-refractivity contribution in [2.45, 2.75) is 24.5 Å². The van der Waals surface area contributed by atoms with E-state index >= 15 is 0 Å². The number of fused-ring (bicyclic) bond motifs is 3. The van der Waals surface area contributed by atoms with Gasteiger partial charge in [-0.1, -0.05) is 0 Å². The third-order valence-electron chi connectivity index (χ3n) is 3.07. The summed E-state index contributed by atoms with van der Waals surface area (Å²) in [5.41, 5.74) is 0.0205. The van der Waals surface area contributed by atoms with E-state index in [-0.39, 0.29) is 11.5 Å². The molecule has 1 aromatic rings. The minimum absolute atomic E-state index is 0.0205. The minimum atomic E-state index is -4.62. The fraction of sp³-hybridized carbons (Fsp3) is 0.556. The number of phosphoric ester groups is 1. The lowest BCUT2D eigenvalue weighted by atomic mass is 10.1. The van der Waals surface area contributed by atoms with Gasteiger partial charge in [0.1, 0.15) is 12.2 Å². The van der Waals surface area contributed by atoms with Crippen molar-refractivity contribution in [2.24, 2.45) is 0 Å². The first-order valence-corrected chi connectivity index (χ1v) is 7.22. The van der Waals surface area contributed by atoms with Crippen LogP contribution in [0, 0.1) is 5.41 Å². The van der Waals surface area contributed by atoms with Crippen LogP contribution >= 0.6 is 7.82 Å². The van der Waals surface area contributed by atoms with Gasteiger partial charge in [0, 0.05) is 6.20 Å². The molecule has 1 fully saturated rings. The first kappa shape index (κ1) is 13.7. The van der Waals surface area contributed by atoms with Crippen molar-refractivity contribution in [1.82, 2.24) is 9.55 Å². The normalized spacial score (nSPS) is 31.8. The first-order valence-electron chi connectivity index (χ1n) is 5.69. The Labute approximate surface area is 112 Å². The molecule has 2 aliphatic heterocycles. The van der Waals surface area contributed by atoms with Crippen LogP contribution in [0.4, 0.5) is 0 Å². The number of aromatic nitrogens is 2. The maximum Gasteiger partial charge on any atom is 0.469 e. The zero-order valence-electron chi connectivity index (χ0n) is 9.99. The van der Waals surface area contributed by atoms with Crippen LogP contribution in [0.3, 0.4) is 0 Å². The molecule has 0 spiro atoms. The molecule has 10 nitrogen and oxygen atoms in total. The van der Waals surface area contributed by atoms with Crippen LogP contribution in [-0.2, 0) is 13.8 Å². The van der Waals surface area contributed by atoms with Crippen molar-refractivity contribution in [3.63, 3.8) is 0 Å². The van der Waals surface area contributed by atoms with Gasteiger partial charge >= 0.3 is 13.8 Å². The second-order valence-electron chi connectivity index (χ2n) is 4.43. The summed E-state index contributed by atoms with van der Waals surface area (Å²) >= 11 is 0. The standard InChI is InChI=1S/C9H12N3O7P/c10-5-1-2-12-8-7(19-9(12)11-5)6(13)4(18-8)3-17-20(14,15)16/h1-2,4,6-8,10,13H,3H2,(H2,14,15,16)/t4-,6-,7+,8-/m0/s1. The second kappa shape index (κ2) is 4.62. The average Bonchev–Trinajstić information content (AvgIpc) is 2.83. The number of hydrogen-bond donors (Lipinski definition) is 4. The molecule has 0 aromatic carbocycles. The van der Waals surface area contributed by atoms with Gasteiger partial charge < -0.3 is 24.4 Å². The highest BCUT2D eigenvalue weighted by molar-refractivity contribution is 7.46. The van der Waals surface area contributed by atoms with E-state index in [9.17, 15) is 9.67 Å². The molecule has 0 unspecified atom stereocenters. The Balaban J connectivity index is 1.77. The van der Waals surface area contributed by atoms with Gasteiger partial charge in [0.2, 0.25) is 0 Å². The number of rotatable bonds is 3. The van der Waals surface area contributed by atoms with E-state index in [1.165, 1.54) is 16.8 Å². The minimum Gasteiger partial charge on any atom is -0.454 e. The lowest BCUT2D eigenvalue weighted by Gasteiger charge is -2.17. The number of phosphoric acid groups is 1. The van der Waals surface area contributed by atoms with Gasteiger partial charge in [-0.2, -0.15) is 4.98 Å². The van der Waals surface area contributed by atoms with Crippen LogP contribution in [0.5, 0.6) is 6.01 Å². The van der Waals surface area contributed by atoms with E-state index in [0.29, 0.717) is 0 Å². The summed E-state index contributed by atoms with van der Waals surface area (Å²) in [5, 5.41) is 17.4. The quantitative estimate of drug-likeness (QED) is 0.493. The molecule has 2 aliphatic rings. The highest BCUT2D eigenvalue weighted by atomic mass is 31.2. The maximum atomic E-state index is 10.6. The Kier molecular flexibility index (Phi) is 3.16. The molecule has 11 heteroatoms. The van der Waals surface area contributed by atoms with E-state index in [1.54, 1.807) is 0 Å². The van der Waals surface area contributed by atoms with Crippen molar-refractivity contribution >= 4 is 7.82 Å². The lowest BCUT2D eigenvalue weighted by Crippen LogP contribution is -2.35. The van der Waals surface area contributed by atoms with Gasteiger partial charge in [0.25, 0.3) is 0 Å². The van der Waals surface area contributed by atoms with Crippen LogP contribution in [0.15, 0.2) is 12.3 Å². The number of nitrogens with one attached hydrogen (secondary N) is 1. The number of aliphatic hydroxyl groups is 1. The number of aliphatic hydroxyl groups excluding tert-OH is 1. The second-order valence-corrected chi connectivity index (χ2v) is 5.67. The summed E-state index contributed by atoms with van der Waals surface area (Å²) in [6, 6.07) is 1.59. The average molecular weight is 305 g/mol. The van der Waals surface area contributed by atoms with Crippen molar-refractivity contribution in [1.29, 1.82) is 5.41 Å². The van der Waals surface area contributed by atoms with Gasteiger partial charge in [-0.25, -0.2) is 4.57 Å². The molecule has 0 radical (unpaired) electrons. The van der Waals surface area contributed by atoms with Crippen molar-refractivity contribution < 1.29 is 33.5 Å². The van der Waals surface area contributed by atoms with Gasteiger partial charge in [0.15, 0.2) is 17.8 Å². The van der Waals surface area contributed by atoms with Gasteiger partial charge in [-0.05, 0) is 6.07 Å². The fourth-order valence-corrected chi connectivity index (χ4v) is 2.53. The molecule has 4 N–H and O–H groups in total. The lowest BCUT2D eigenvalue weighted by molar-refractivity contribution is -0.0426. The highest BCUT2D eigenvalue weighted by Gasteiger charge is 2.51. The molecule has 3 heterocycles. The molecule has 4 atom stereocenters. The van der Waals surface area contributed by atoms with Gasteiger partial charge in [0.05, 0.1) is 6.61 Å². The molecule has 1 saturated heterocycles. The summed E-state index contributed by atoms with van der Waals surface area (Å²) in [6.45, 7) is -0.457. The van der Waals surface area contributed by atoms with Crippen molar-refractivity contribution in [3.8, 4) is 6.01 Å². The molecule has 0 amide bonds. The summed E-state index contributed by atoms with van der Waals surface area (Å²) in [6.07, 6.45) is -1.93. The molecule has 0 saturated carbocycles.